The number of anilines is 3. The number of oxazole rings is 1. The molecule has 0 bridgehead atoms. The summed E-state index contributed by atoms with van der Waals surface area (Å²) < 4.78 is 9.45. The summed E-state index contributed by atoms with van der Waals surface area (Å²) in [7, 11) is 0. The third-order valence-electron chi connectivity index (χ3n) is 9.47. The first-order valence-electron chi connectivity index (χ1n) is 16.5. The molecule has 230 valence electrons. The Morgan fingerprint density at radius 2 is 1.10 bits per heavy atom. The molecule has 0 N–H and O–H groups in total. The fraction of sp³-hybridized carbons (Fsp3) is 0. The van der Waals surface area contributed by atoms with Crippen LogP contribution in [0.25, 0.3) is 74.5 Å². The molecule has 49 heavy (non-hydrogen) atoms. The zero-order valence-corrected chi connectivity index (χ0v) is 28.1. The predicted molar refractivity (Wildman–Crippen MR) is 207 cm³/mol. The molecule has 10 rings (SSSR count). The van der Waals surface area contributed by atoms with E-state index in [2.05, 4.69) is 144 Å². The van der Waals surface area contributed by atoms with Gasteiger partial charge in [-0.3, -0.25) is 0 Å². The van der Waals surface area contributed by atoms with Gasteiger partial charge in [-0.25, -0.2) is 4.98 Å². The van der Waals surface area contributed by atoms with Crippen molar-refractivity contribution in [2.24, 2.45) is 0 Å². The van der Waals surface area contributed by atoms with Crippen LogP contribution in [0, 0.1) is 0 Å². The summed E-state index contributed by atoms with van der Waals surface area (Å²) in [6.07, 6.45) is 0. The average Bonchev–Trinajstić information content (AvgIpc) is 3.78. The molecular formula is C45H28N2OSe. The van der Waals surface area contributed by atoms with Gasteiger partial charge in [0.2, 0.25) is 5.89 Å². The molecule has 0 aliphatic rings. The minimum absolute atomic E-state index is 0.340. The summed E-state index contributed by atoms with van der Waals surface area (Å²) in [6.45, 7) is 0. The van der Waals surface area contributed by atoms with Crippen LogP contribution in [0.3, 0.4) is 0 Å². The second-order valence-corrected chi connectivity index (χ2v) is 14.7. The molecule has 0 aliphatic heterocycles. The molecule has 0 saturated carbocycles. The van der Waals surface area contributed by atoms with Gasteiger partial charge in [0.1, 0.15) is 5.52 Å². The van der Waals surface area contributed by atoms with Gasteiger partial charge in [0.05, 0.1) is 0 Å². The number of benzene rings is 8. The smallest absolute Gasteiger partial charge is 0.435 e. The SMILES string of the molecule is c1ccc(-c2nc3ccc4ccc5ccc(N(c6ccccc6)c6ccc(-c7ccc8c(c7)[se]c7ccccc78)cc6)cc5c4c3o2)cc1. The third kappa shape index (κ3) is 4.76. The number of aromatic nitrogens is 1. The number of nitrogens with zero attached hydrogens (tertiary/aromatic N) is 2. The van der Waals surface area contributed by atoms with Crippen LogP contribution < -0.4 is 4.90 Å². The zero-order valence-electron chi connectivity index (χ0n) is 26.4. The monoisotopic (exact) mass is 692 g/mol. The van der Waals surface area contributed by atoms with Crippen LogP contribution in [-0.4, -0.2) is 19.5 Å². The van der Waals surface area contributed by atoms with Crippen LogP contribution in [0.15, 0.2) is 174 Å². The van der Waals surface area contributed by atoms with Gasteiger partial charge in [0, 0.05) is 5.56 Å². The zero-order chi connectivity index (χ0) is 32.3. The van der Waals surface area contributed by atoms with Crippen molar-refractivity contribution in [1.82, 2.24) is 4.98 Å². The van der Waals surface area contributed by atoms with Crippen molar-refractivity contribution in [3.8, 4) is 22.6 Å². The molecule has 0 spiro atoms. The molecular weight excluding hydrogens is 663 g/mol. The first-order valence-corrected chi connectivity index (χ1v) is 18.2. The minimum atomic E-state index is 0.340. The van der Waals surface area contributed by atoms with E-state index in [1.165, 1.54) is 30.4 Å². The second-order valence-electron chi connectivity index (χ2n) is 12.4. The molecule has 2 aromatic heterocycles. The Labute approximate surface area is 289 Å². The van der Waals surface area contributed by atoms with Gasteiger partial charge < -0.3 is 4.42 Å². The van der Waals surface area contributed by atoms with Crippen molar-refractivity contribution < 1.29 is 4.42 Å². The maximum absolute atomic E-state index is 6.52. The number of rotatable bonds is 5. The fourth-order valence-electron chi connectivity index (χ4n) is 7.09. The Bertz CT molecular complexity index is 2820. The summed E-state index contributed by atoms with van der Waals surface area (Å²) in [5.41, 5.74) is 8.40. The molecule has 4 heteroatoms. The van der Waals surface area contributed by atoms with Crippen LogP contribution in [0.5, 0.6) is 0 Å². The van der Waals surface area contributed by atoms with Gasteiger partial charge in [-0.15, -0.1) is 0 Å². The molecule has 2 heterocycles. The van der Waals surface area contributed by atoms with Crippen LogP contribution >= 0.6 is 0 Å². The molecule has 0 atom stereocenters. The van der Waals surface area contributed by atoms with E-state index in [0.717, 1.165) is 55.3 Å². The summed E-state index contributed by atoms with van der Waals surface area (Å²) in [5, 5.41) is 7.27. The molecule has 0 radical (unpaired) electrons. The predicted octanol–water partition coefficient (Wildman–Crippen LogP) is 12.3. The number of fused-ring (bicyclic) bond motifs is 8. The Morgan fingerprint density at radius 3 is 1.96 bits per heavy atom. The summed E-state index contributed by atoms with van der Waals surface area (Å²) in [4.78, 5) is 7.21. The standard InChI is InChI=1S/C45H28N2OSe/c1-3-9-32(10-4-1)45-46-40-26-21-31-16-15-30-19-24-36(28-39(30)43(31)44(40)48-45)47(34-11-5-2-6-12-34)35-22-17-29(18-23-35)33-20-25-38-37-13-7-8-14-41(37)49-42(38)27-33/h1-28H. The van der Waals surface area contributed by atoms with Crippen LogP contribution in [0.2, 0.25) is 0 Å². The maximum atomic E-state index is 6.52. The van der Waals surface area contributed by atoms with E-state index in [0.29, 0.717) is 20.4 Å². The van der Waals surface area contributed by atoms with Gasteiger partial charge >= 0.3 is 198 Å². The second kappa shape index (κ2) is 11.3. The van der Waals surface area contributed by atoms with E-state index >= 15 is 0 Å². The van der Waals surface area contributed by atoms with E-state index in [9.17, 15) is 0 Å². The van der Waals surface area contributed by atoms with Gasteiger partial charge in [0.25, 0.3) is 0 Å². The third-order valence-corrected chi connectivity index (χ3v) is 11.8. The Hall–Kier alpha value is -5.93. The number of hydrogen-bond donors (Lipinski definition) is 0. The van der Waals surface area contributed by atoms with Gasteiger partial charge in [0.15, 0.2) is 5.58 Å². The average molecular weight is 692 g/mol. The molecule has 0 fully saturated rings. The minimum Gasteiger partial charge on any atom is -0.435 e. The van der Waals surface area contributed by atoms with E-state index in [-0.39, 0.29) is 0 Å². The van der Waals surface area contributed by atoms with E-state index in [1.54, 1.807) is 0 Å². The normalized spacial score (nSPS) is 11.7. The quantitative estimate of drug-likeness (QED) is 0.133. The number of hydrogen-bond acceptors (Lipinski definition) is 3. The first-order chi connectivity index (χ1) is 24.3. The van der Waals surface area contributed by atoms with E-state index < -0.39 is 0 Å². The van der Waals surface area contributed by atoms with Crippen molar-refractivity contribution in [2.45, 2.75) is 0 Å². The van der Waals surface area contributed by atoms with Gasteiger partial charge in [-0.2, -0.15) is 0 Å². The van der Waals surface area contributed by atoms with Crippen LogP contribution in [0.4, 0.5) is 17.1 Å². The Morgan fingerprint density at radius 1 is 0.449 bits per heavy atom. The van der Waals surface area contributed by atoms with Gasteiger partial charge in [-0.05, 0) is 23.6 Å². The Balaban J connectivity index is 1.10. The van der Waals surface area contributed by atoms with Gasteiger partial charge in [-0.1, -0.05) is 36.4 Å². The molecule has 0 saturated heterocycles. The molecule has 10 aromatic rings. The first kappa shape index (κ1) is 28.1. The fourth-order valence-corrected chi connectivity index (χ4v) is 9.49. The molecule has 3 nitrogen and oxygen atoms in total. The molecule has 8 aromatic carbocycles. The summed E-state index contributed by atoms with van der Waals surface area (Å²) in [5.74, 6) is 0.635. The summed E-state index contributed by atoms with van der Waals surface area (Å²) in [6, 6.07) is 60.8. The number of para-hydroxylation sites is 1. The van der Waals surface area contributed by atoms with Crippen molar-refractivity contribution in [2.75, 3.05) is 4.90 Å². The van der Waals surface area contributed by atoms with Crippen LogP contribution in [0.1, 0.15) is 0 Å². The van der Waals surface area contributed by atoms with Crippen LogP contribution in [-0.2, 0) is 0 Å². The summed E-state index contributed by atoms with van der Waals surface area (Å²) >= 11 is 0.340. The Kier molecular flexibility index (Phi) is 6.51. The molecule has 0 amide bonds. The van der Waals surface area contributed by atoms with Crippen molar-refractivity contribution in [1.29, 1.82) is 0 Å². The van der Waals surface area contributed by atoms with Crippen molar-refractivity contribution in [3.05, 3.63) is 170 Å². The topological polar surface area (TPSA) is 29.3 Å². The molecule has 0 aliphatic carbocycles. The van der Waals surface area contributed by atoms with Crippen molar-refractivity contribution >= 4 is 83.5 Å². The molecule has 0 unspecified atom stereocenters. The van der Waals surface area contributed by atoms with E-state index in [1.807, 2.05) is 30.3 Å². The van der Waals surface area contributed by atoms with E-state index in [4.69, 9.17) is 9.40 Å². The van der Waals surface area contributed by atoms with Crippen molar-refractivity contribution in [3.63, 3.8) is 0 Å².